The molecule has 2 aromatic carbocycles. The van der Waals surface area contributed by atoms with Gasteiger partial charge >= 0.3 is 5.69 Å². The number of benzene rings is 2. The first-order valence-electron chi connectivity index (χ1n) is 9.47. The first-order valence-corrected chi connectivity index (χ1v) is 11.3. The molecular weight excluding hydrogens is 428 g/mol. The molecular formula is C20H21ClN4O4S. The number of sulfonamides is 1. The van der Waals surface area contributed by atoms with E-state index in [0.29, 0.717) is 5.52 Å². The Labute approximate surface area is 178 Å². The molecule has 3 aromatic rings. The number of nitrogens with zero attached hydrogens (tertiary/aromatic N) is 4. The summed E-state index contributed by atoms with van der Waals surface area (Å²) in [5.74, 6) is -0.219. The van der Waals surface area contributed by atoms with Gasteiger partial charge in [-0.05, 0) is 24.3 Å². The summed E-state index contributed by atoms with van der Waals surface area (Å²) in [5, 5.41) is 0.173. The average Bonchev–Trinajstić information content (AvgIpc) is 2.99. The van der Waals surface area contributed by atoms with Crippen molar-refractivity contribution in [1.29, 1.82) is 0 Å². The van der Waals surface area contributed by atoms with E-state index in [-0.39, 0.29) is 54.2 Å². The van der Waals surface area contributed by atoms with Crippen LogP contribution >= 0.6 is 11.6 Å². The van der Waals surface area contributed by atoms with Gasteiger partial charge in [-0.3, -0.25) is 13.9 Å². The second-order valence-electron chi connectivity index (χ2n) is 7.13. The third kappa shape index (κ3) is 3.53. The Bertz CT molecular complexity index is 1270. The van der Waals surface area contributed by atoms with Crippen molar-refractivity contribution in [2.75, 3.05) is 26.2 Å². The predicted octanol–water partition coefficient (Wildman–Crippen LogP) is 1.53. The van der Waals surface area contributed by atoms with Crippen molar-refractivity contribution in [2.24, 2.45) is 7.05 Å². The number of fused-ring (bicyclic) bond motifs is 1. The smallest absolute Gasteiger partial charge is 0.329 e. The molecule has 0 unspecified atom stereocenters. The molecule has 1 saturated heterocycles. The van der Waals surface area contributed by atoms with Gasteiger partial charge in [0, 0.05) is 33.2 Å². The van der Waals surface area contributed by atoms with E-state index >= 15 is 0 Å². The van der Waals surface area contributed by atoms with E-state index < -0.39 is 10.0 Å². The van der Waals surface area contributed by atoms with Crippen LogP contribution in [0.5, 0.6) is 0 Å². The molecule has 0 aliphatic carbocycles. The van der Waals surface area contributed by atoms with Crippen LogP contribution in [0.15, 0.2) is 58.2 Å². The zero-order chi connectivity index (χ0) is 21.5. The van der Waals surface area contributed by atoms with E-state index in [1.165, 1.54) is 25.6 Å². The molecule has 30 heavy (non-hydrogen) atoms. The molecule has 1 aromatic heterocycles. The molecule has 0 atom stereocenters. The number of hydrogen-bond acceptors (Lipinski definition) is 4. The second kappa shape index (κ2) is 7.90. The SMILES string of the molecule is Cn1c(=O)n(CC(=O)N2CCN(S(=O)(=O)c3ccccc3Cl)CC2)c2ccccc21. The molecule has 4 rings (SSSR count). The maximum absolute atomic E-state index is 12.9. The number of carbonyl (C=O) groups excluding carboxylic acids is 1. The van der Waals surface area contributed by atoms with E-state index in [2.05, 4.69) is 0 Å². The summed E-state index contributed by atoms with van der Waals surface area (Å²) in [6.45, 7) is 0.759. The van der Waals surface area contributed by atoms with E-state index in [4.69, 9.17) is 11.6 Å². The van der Waals surface area contributed by atoms with Crippen LogP contribution in [0.4, 0.5) is 0 Å². The molecule has 0 radical (unpaired) electrons. The topological polar surface area (TPSA) is 84.6 Å². The monoisotopic (exact) mass is 448 g/mol. The number of rotatable bonds is 4. The number of imidazole rings is 1. The number of amides is 1. The van der Waals surface area contributed by atoms with Crippen LogP contribution in [0, 0.1) is 0 Å². The highest BCUT2D eigenvalue weighted by Crippen LogP contribution is 2.25. The summed E-state index contributed by atoms with van der Waals surface area (Å²) in [5.41, 5.74) is 1.19. The van der Waals surface area contributed by atoms with Crippen LogP contribution < -0.4 is 5.69 Å². The third-order valence-corrected chi connectivity index (χ3v) is 7.79. The van der Waals surface area contributed by atoms with Crippen molar-refractivity contribution < 1.29 is 13.2 Å². The zero-order valence-corrected chi connectivity index (χ0v) is 17.9. The van der Waals surface area contributed by atoms with E-state index in [9.17, 15) is 18.0 Å². The molecule has 8 nitrogen and oxygen atoms in total. The lowest BCUT2D eigenvalue weighted by Gasteiger charge is -2.34. The van der Waals surface area contributed by atoms with Gasteiger partial charge in [0.05, 0.1) is 16.1 Å². The first-order chi connectivity index (χ1) is 14.3. The van der Waals surface area contributed by atoms with E-state index in [0.717, 1.165) is 5.52 Å². The normalized spacial score (nSPS) is 15.6. The number of aromatic nitrogens is 2. The van der Waals surface area contributed by atoms with Gasteiger partial charge in [0.2, 0.25) is 15.9 Å². The van der Waals surface area contributed by atoms with Crippen LogP contribution in [0.3, 0.4) is 0 Å². The highest BCUT2D eigenvalue weighted by atomic mass is 35.5. The van der Waals surface area contributed by atoms with Crippen molar-refractivity contribution in [3.05, 3.63) is 64.0 Å². The zero-order valence-electron chi connectivity index (χ0n) is 16.4. The molecule has 0 N–H and O–H groups in total. The Balaban J connectivity index is 1.48. The predicted molar refractivity (Wildman–Crippen MR) is 114 cm³/mol. The van der Waals surface area contributed by atoms with Gasteiger partial charge in [0.1, 0.15) is 11.4 Å². The highest BCUT2D eigenvalue weighted by molar-refractivity contribution is 7.89. The largest absolute Gasteiger partial charge is 0.338 e. The molecule has 0 saturated carbocycles. The summed E-state index contributed by atoms with van der Waals surface area (Å²) >= 11 is 6.06. The van der Waals surface area contributed by atoms with Crippen molar-refractivity contribution in [3.63, 3.8) is 0 Å². The summed E-state index contributed by atoms with van der Waals surface area (Å²) in [4.78, 5) is 27.0. The van der Waals surface area contributed by atoms with Gasteiger partial charge in [-0.1, -0.05) is 35.9 Å². The molecule has 1 aliphatic heterocycles. The van der Waals surface area contributed by atoms with E-state index in [1.807, 2.05) is 18.2 Å². The molecule has 1 fully saturated rings. The van der Waals surface area contributed by atoms with Crippen molar-refractivity contribution >= 4 is 38.6 Å². The highest BCUT2D eigenvalue weighted by Gasteiger charge is 2.31. The maximum atomic E-state index is 12.9. The molecule has 10 heteroatoms. The lowest BCUT2D eigenvalue weighted by Crippen LogP contribution is -2.51. The number of hydrogen-bond donors (Lipinski definition) is 0. The number of halogens is 1. The first kappa shape index (κ1) is 20.6. The number of piperazine rings is 1. The summed E-state index contributed by atoms with van der Waals surface area (Å²) < 4.78 is 30.0. The van der Waals surface area contributed by atoms with Crippen LogP contribution in [0.1, 0.15) is 0 Å². The fraction of sp³-hybridized carbons (Fsp3) is 0.300. The van der Waals surface area contributed by atoms with Gasteiger partial charge in [-0.2, -0.15) is 4.31 Å². The number of para-hydroxylation sites is 2. The quantitative estimate of drug-likeness (QED) is 0.605. The maximum Gasteiger partial charge on any atom is 0.329 e. The van der Waals surface area contributed by atoms with Crippen molar-refractivity contribution in [3.8, 4) is 0 Å². The van der Waals surface area contributed by atoms with Crippen molar-refractivity contribution in [2.45, 2.75) is 11.4 Å². The minimum absolute atomic E-state index is 0.0637. The average molecular weight is 449 g/mol. The fourth-order valence-electron chi connectivity index (χ4n) is 3.72. The van der Waals surface area contributed by atoms with Crippen LogP contribution in [0.2, 0.25) is 5.02 Å². The Morgan fingerprint density at radius 1 is 0.967 bits per heavy atom. The molecule has 2 heterocycles. The van der Waals surface area contributed by atoms with Crippen LogP contribution in [0.25, 0.3) is 11.0 Å². The number of carbonyl (C=O) groups is 1. The van der Waals surface area contributed by atoms with Crippen LogP contribution in [-0.4, -0.2) is 58.8 Å². The van der Waals surface area contributed by atoms with Gasteiger partial charge < -0.3 is 4.90 Å². The molecule has 158 valence electrons. The molecule has 0 bridgehead atoms. The molecule has 1 aliphatic rings. The van der Waals surface area contributed by atoms with Gasteiger partial charge in [0.25, 0.3) is 0 Å². The summed E-state index contributed by atoms with van der Waals surface area (Å²) in [6.07, 6.45) is 0. The Morgan fingerprint density at radius 2 is 1.57 bits per heavy atom. The standard InChI is InChI=1S/C20H21ClN4O4S/c1-22-16-7-3-4-8-17(16)25(20(22)27)14-19(26)23-10-12-24(13-11-23)30(28,29)18-9-5-2-6-15(18)21/h2-9H,10-14H2,1H3. The summed E-state index contributed by atoms with van der Waals surface area (Å²) in [7, 11) is -2.06. The van der Waals surface area contributed by atoms with Crippen molar-refractivity contribution in [1.82, 2.24) is 18.3 Å². The third-order valence-electron chi connectivity index (χ3n) is 5.39. The van der Waals surface area contributed by atoms with Gasteiger partial charge in [0.15, 0.2) is 0 Å². The lowest BCUT2D eigenvalue weighted by atomic mass is 10.3. The fourth-order valence-corrected chi connectivity index (χ4v) is 5.64. The van der Waals surface area contributed by atoms with Gasteiger partial charge in [-0.15, -0.1) is 0 Å². The molecule has 0 spiro atoms. The summed E-state index contributed by atoms with van der Waals surface area (Å²) in [6, 6.07) is 13.6. The lowest BCUT2D eigenvalue weighted by molar-refractivity contribution is -0.133. The number of aryl methyl sites for hydroxylation is 1. The molecule has 1 amide bonds. The van der Waals surface area contributed by atoms with Gasteiger partial charge in [-0.25, -0.2) is 13.2 Å². The van der Waals surface area contributed by atoms with Crippen LogP contribution in [-0.2, 0) is 28.4 Å². The minimum Gasteiger partial charge on any atom is -0.338 e. The second-order valence-corrected chi connectivity index (χ2v) is 9.45. The minimum atomic E-state index is -3.73. The Kier molecular flexibility index (Phi) is 5.44. The Hall–Kier alpha value is -2.62. The van der Waals surface area contributed by atoms with E-state index in [1.54, 1.807) is 30.1 Å². The Morgan fingerprint density at radius 3 is 2.23 bits per heavy atom.